The Balaban J connectivity index is 1.64. The number of carbonyl (C=O) groups excluding carboxylic acids is 2. The van der Waals surface area contributed by atoms with Crippen molar-refractivity contribution in [3.8, 4) is 0 Å². The number of aliphatic hydroxyl groups excluding tert-OH is 1. The van der Waals surface area contributed by atoms with Crippen molar-refractivity contribution in [1.82, 2.24) is 14.7 Å². The number of hydrogen-bond donors (Lipinski definition) is 1. The van der Waals surface area contributed by atoms with E-state index in [-0.39, 0.29) is 25.0 Å². The Morgan fingerprint density at radius 1 is 1.00 bits per heavy atom. The predicted molar refractivity (Wildman–Crippen MR) is 108 cm³/mol. The number of amides is 2. The number of benzene rings is 1. The maximum atomic E-state index is 14.1. The maximum Gasteiger partial charge on any atom is 0.278 e. The van der Waals surface area contributed by atoms with Crippen LogP contribution in [0.2, 0.25) is 0 Å². The van der Waals surface area contributed by atoms with Crippen LogP contribution in [0.15, 0.2) is 47.5 Å². The van der Waals surface area contributed by atoms with Gasteiger partial charge in [-0.3, -0.25) is 19.4 Å². The molecule has 0 atom stereocenters. The lowest BCUT2D eigenvalue weighted by Crippen LogP contribution is -2.48. The molecule has 2 aliphatic heterocycles. The van der Waals surface area contributed by atoms with Crippen LogP contribution in [-0.2, 0) is 16.1 Å². The van der Waals surface area contributed by atoms with Crippen molar-refractivity contribution in [2.45, 2.75) is 6.54 Å². The molecule has 1 fully saturated rings. The van der Waals surface area contributed by atoms with Crippen LogP contribution in [0.1, 0.15) is 10.4 Å². The lowest BCUT2D eigenvalue weighted by atomic mass is 10.1. The minimum absolute atomic E-state index is 0.0901. The average Bonchev–Trinajstić information content (AvgIpc) is 3.33. The quantitative estimate of drug-likeness (QED) is 0.729. The SMILES string of the molecule is O=C1C(c2cccs2)=C(N2CCN(CCO)CC2)C(=O)N1Cc1ccccc1F. The van der Waals surface area contributed by atoms with Gasteiger partial charge in [0.2, 0.25) is 0 Å². The van der Waals surface area contributed by atoms with Gasteiger partial charge >= 0.3 is 0 Å². The number of carbonyl (C=O) groups is 2. The van der Waals surface area contributed by atoms with Crippen molar-refractivity contribution in [2.75, 3.05) is 39.3 Å². The number of imide groups is 1. The molecule has 0 saturated carbocycles. The van der Waals surface area contributed by atoms with E-state index in [4.69, 9.17) is 5.11 Å². The van der Waals surface area contributed by atoms with Gasteiger partial charge in [0.05, 0.1) is 18.7 Å². The molecular formula is C21H22FN3O3S. The smallest absolute Gasteiger partial charge is 0.278 e. The van der Waals surface area contributed by atoms with E-state index >= 15 is 0 Å². The molecule has 0 radical (unpaired) electrons. The Hall–Kier alpha value is -2.55. The standard InChI is InChI=1S/C21H22FN3O3S/c22-16-5-2-1-4-15(16)14-25-20(27)18(17-6-3-13-29-17)19(21(25)28)24-9-7-23(8-10-24)11-12-26/h1-6,13,26H,7-12,14H2. The summed E-state index contributed by atoms with van der Waals surface area (Å²) in [5.41, 5.74) is 1.11. The van der Waals surface area contributed by atoms with E-state index in [1.165, 1.54) is 17.4 Å². The molecule has 1 saturated heterocycles. The van der Waals surface area contributed by atoms with E-state index < -0.39 is 5.82 Å². The lowest BCUT2D eigenvalue weighted by Gasteiger charge is -2.36. The molecule has 29 heavy (non-hydrogen) atoms. The van der Waals surface area contributed by atoms with Gasteiger partial charge in [-0.15, -0.1) is 11.3 Å². The highest BCUT2D eigenvalue weighted by Crippen LogP contribution is 2.35. The molecule has 2 aromatic rings. The third-order valence-corrected chi connectivity index (χ3v) is 6.19. The van der Waals surface area contributed by atoms with E-state index in [9.17, 15) is 14.0 Å². The second-order valence-electron chi connectivity index (χ2n) is 7.04. The van der Waals surface area contributed by atoms with E-state index in [1.807, 2.05) is 22.4 Å². The highest BCUT2D eigenvalue weighted by molar-refractivity contribution is 7.11. The predicted octanol–water partition coefficient (Wildman–Crippen LogP) is 1.78. The van der Waals surface area contributed by atoms with Gasteiger partial charge in [-0.25, -0.2) is 4.39 Å². The van der Waals surface area contributed by atoms with Crippen LogP contribution in [0.25, 0.3) is 5.57 Å². The normalized spacial score (nSPS) is 18.3. The van der Waals surface area contributed by atoms with Crippen LogP contribution in [-0.4, -0.2) is 71.0 Å². The van der Waals surface area contributed by atoms with Gasteiger partial charge in [-0.2, -0.15) is 0 Å². The highest BCUT2D eigenvalue weighted by atomic mass is 32.1. The molecule has 6 nitrogen and oxygen atoms in total. The molecule has 0 aliphatic carbocycles. The third-order valence-electron chi connectivity index (χ3n) is 5.30. The minimum Gasteiger partial charge on any atom is -0.395 e. The molecule has 1 aromatic carbocycles. The molecule has 8 heteroatoms. The van der Waals surface area contributed by atoms with E-state index in [0.29, 0.717) is 49.6 Å². The van der Waals surface area contributed by atoms with Gasteiger partial charge in [0.1, 0.15) is 11.5 Å². The second-order valence-corrected chi connectivity index (χ2v) is 7.99. The minimum atomic E-state index is -0.433. The topological polar surface area (TPSA) is 64.1 Å². The average molecular weight is 415 g/mol. The molecule has 3 heterocycles. The first-order valence-corrected chi connectivity index (χ1v) is 10.4. The Kier molecular flexibility index (Phi) is 5.75. The van der Waals surface area contributed by atoms with Crippen LogP contribution < -0.4 is 0 Å². The summed E-state index contributed by atoms with van der Waals surface area (Å²) in [6, 6.07) is 9.87. The van der Waals surface area contributed by atoms with Gasteiger partial charge in [0.25, 0.3) is 11.8 Å². The molecule has 2 aliphatic rings. The zero-order valence-corrected chi connectivity index (χ0v) is 16.7. The van der Waals surface area contributed by atoms with Crippen LogP contribution in [0, 0.1) is 5.82 Å². The van der Waals surface area contributed by atoms with Crippen LogP contribution in [0.4, 0.5) is 4.39 Å². The molecule has 0 spiro atoms. The second kappa shape index (κ2) is 8.44. The van der Waals surface area contributed by atoms with Gasteiger partial charge < -0.3 is 10.0 Å². The molecular weight excluding hydrogens is 393 g/mol. The van der Waals surface area contributed by atoms with Crippen molar-refractivity contribution in [3.05, 3.63) is 63.7 Å². The Bertz CT molecular complexity index is 936. The first-order valence-electron chi connectivity index (χ1n) is 9.56. The summed E-state index contributed by atoms with van der Waals surface area (Å²) in [5, 5.41) is 11.0. The van der Waals surface area contributed by atoms with Crippen molar-refractivity contribution in [1.29, 1.82) is 0 Å². The van der Waals surface area contributed by atoms with Crippen molar-refractivity contribution in [3.63, 3.8) is 0 Å². The number of nitrogens with zero attached hydrogens (tertiary/aromatic N) is 3. The zero-order chi connectivity index (χ0) is 20.4. The molecule has 152 valence electrons. The lowest BCUT2D eigenvalue weighted by molar-refractivity contribution is -0.138. The number of β-amino-alcohol motifs (C(OH)–C–C–N with tert-alkyl or cyclic N) is 1. The molecule has 2 amide bonds. The monoisotopic (exact) mass is 415 g/mol. The highest BCUT2D eigenvalue weighted by Gasteiger charge is 2.42. The number of thiophene rings is 1. The van der Waals surface area contributed by atoms with Crippen LogP contribution in [0.3, 0.4) is 0 Å². The summed E-state index contributed by atoms with van der Waals surface area (Å²) in [7, 11) is 0. The Morgan fingerprint density at radius 3 is 2.41 bits per heavy atom. The van der Waals surface area contributed by atoms with Crippen molar-refractivity contribution >= 4 is 28.7 Å². The summed E-state index contributed by atoms with van der Waals surface area (Å²) in [6.07, 6.45) is 0. The van der Waals surface area contributed by atoms with Crippen molar-refractivity contribution < 1.29 is 19.1 Å². The number of halogens is 1. The zero-order valence-electron chi connectivity index (χ0n) is 15.9. The molecule has 0 bridgehead atoms. The summed E-state index contributed by atoms with van der Waals surface area (Å²) in [4.78, 5) is 32.4. The number of aliphatic hydroxyl groups is 1. The molecule has 4 rings (SSSR count). The Labute approximate surface area is 172 Å². The number of rotatable bonds is 6. The molecule has 1 aromatic heterocycles. The van der Waals surface area contributed by atoms with Gasteiger partial charge in [-0.1, -0.05) is 24.3 Å². The van der Waals surface area contributed by atoms with Gasteiger partial charge in [0.15, 0.2) is 0 Å². The molecule has 0 unspecified atom stereocenters. The summed E-state index contributed by atoms with van der Waals surface area (Å²) in [6.45, 7) is 3.20. The summed E-state index contributed by atoms with van der Waals surface area (Å²) in [5.74, 6) is -1.19. The summed E-state index contributed by atoms with van der Waals surface area (Å²) >= 11 is 1.41. The van der Waals surface area contributed by atoms with E-state index in [1.54, 1.807) is 18.2 Å². The van der Waals surface area contributed by atoms with E-state index in [2.05, 4.69) is 4.90 Å². The van der Waals surface area contributed by atoms with Crippen LogP contribution >= 0.6 is 11.3 Å². The number of hydrogen-bond acceptors (Lipinski definition) is 6. The van der Waals surface area contributed by atoms with Crippen molar-refractivity contribution in [2.24, 2.45) is 0 Å². The van der Waals surface area contributed by atoms with E-state index in [0.717, 1.165) is 9.78 Å². The fourth-order valence-corrected chi connectivity index (χ4v) is 4.54. The van der Waals surface area contributed by atoms with Gasteiger partial charge in [-0.05, 0) is 17.5 Å². The van der Waals surface area contributed by atoms with Gasteiger partial charge in [0, 0.05) is 43.2 Å². The fourth-order valence-electron chi connectivity index (χ4n) is 3.78. The van der Waals surface area contributed by atoms with Crippen LogP contribution in [0.5, 0.6) is 0 Å². The maximum absolute atomic E-state index is 14.1. The fraction of sp³-hybridized carbons (Fsp3) is 0.333. The number of piperazine rings is 1. The Morgan fingerprint density at radius 2 is 1.76 bits per heavy atom. The first kappa shape index (κ1) is 19.8. The summed E-state index contributed by atoms with van der Waals surface area (Å²) < 4.78 is 14.1. The third kappa shape index (κ3) is 3.83. The molecule has 1 N–H and O–H groups in total. The largest absolute Gasteiger partial charge is 0.395 e. The first-order chi connectivity index (χ1) is 14.1.